The third-order valence-electron chi connectivity index (χ3n) is 2.77. The van der Waals surface area contributed by atoms with E-state index in [1.807, 2.05) is 6.92 Å². The van der Waals surface area contributed by atoms with Gasteiger partial charge in [-0.15, -0.1) is 0 Å². The topological polar surface area (TPSA) is 77.8 Å². The van der Waals surface area contributed by atoms with Gasteiger partial charge in [-0.3, -0.25) is 4.79 Å². The Balaban J connectivity index is 1.94. The Hall–Kier alpha value is -2.60. The monoisotopic (exact) mass is 303 g/mol. The van der Waals surface area contributed by atoms with E-state index in [1.54, 1.807) is 36.4 Å². The molecule has 0 aliphatic carbocycles. The first-order chi connectivity index (χ1) is 10.7. The van der Waals surface area contributed by atoms with Gasteiger partial charge >= 0.3 is 5.97 Å². The second kappa shape index (κ2) is 7.99. The maximum Gasteiger partial charge on any atom is 0.338 e. The summed E-state index contributed by atoms with van der Waals surface area (Å²) in [5.74, 6) is -0.648. The number of hydrogen-bond acceptors (Lipinski definition) is 5. The molecule has 0 bridgehead atoms. The number of anilines is 1. The fourth-order valence-corrected chi connectivity index (χ4v) is 1.75. The van der Waals surface area contributed by atoms with Crippen LogP contribution < -0.4 is 5.32 Å². The van der Waals surface area contributed by atoms with Crippen molar-refractivity contribution in [3.05, 3.63) is 54.0 Å². The molecule has 1 aromatic heterocycles. The highest BCUT2D eigenvalue weighted by atomic mass is 16.6. The highest BCUT2D eigenvalue weighted by molar-refractivity contribution is 6.02. The van der Waals surface area contributed by atoms with Gasteiger partial charge in [0.05, 0.1) is 18.4 Å². The normalized spacial score (nSPS) is 10.2. The number of carbonyl (C=O) groups is 2. The molecule has 2 aromatic rings. The molecule has 1 amide bonds. The molecule has 1 aromatic carbocycles. The van der Waals surface area contributed by atoms with E-state index in [0.717, 1.165) is 0 Å². The van der Waals surface area contributed by atoms with Crippen molar-refractivity contribution in [2.75, 3.05) is 25.1 Å². The van der Waals surface area contributed by atoms with E-state index < -0.39 is 5.97 Å². The van der Waals surface area contributed by atoms with Crippen molar-refractivity contribution < 1.29 is 23.5 Å². The molecule has 0 saturated heterocycles. The van der Waals surface area contributed by atoms with Gasteiger partial charge in [0.1, 0.15) is 6.61 Å². The summed E-state index contributed by atoms with van der Waals surface area (Å²) in [4.78, 5) is 23.7. The molecule has 0 radical (unpaired) electrons. The summed E-state index contributed by atoms with van der Waals surface area (Å²) in [5, 5.41) is 2.65. The third kappa shape index (κ3) is 4.46. The Morgan fingerprint density at radius 1 is 1.18 bits per heavy atom. The van der Waals surface area contributed by atoms with E-state index in [1.165, 1.54) is 6.26 Å². The molecule has 0 fully saturated rings. The molecule has 0 unspecified atom stereocenters. The smallest absolute Gasteiger partial charge is 0.338 e. The van der Waals surface area contributed by atoms with Crippen molar-refractivity contribution in [3.63, 3.8) is 0 Å². The quantitative estimate of drug-likeness (QED) is 0.628. The number of benzene rings is 1. The number of rotatable bonds is 7. The molecule has 116 valence electrons. The zero-order valence-corrected chi connectivity index (χ0v) is 12.2. The molecular weight excluding hydrogens is 286 g/mol. The van der Waals surface area contributed by atoms with E-state index in [2.05, 4.69) is 5.32 Å². The number of esters is 1. The van der Waals surface area contributed by atoms with Crippen LogP contribution in [0.5, 0.6) is 0 Å². The molecule has 0 aliphatic heterocycles. The van der Waals surface area contributed by atoms with Gasteiger partial charge in [-0.25, -0.2) is 4.79 Å². The van der Waals surface area contributed by atoms with Crippen LogP contribution in [0.4, 0.5) is 5.69 Å². The van der Waals surface area contributed by atoms with Gasteiger partial charge in [0, 0.05) is 12.3 Å². The SMILES string of the molecule is CCOCCOC(=O)c1cccc(NC(=O)c2ccco2)c1. The first-order valence-electron chi connectivity index (χ1n) is 6.90. The lowest BCUT2D eigenvalue weighted by molar-refractivity contribution is 0.0335. The van der Waals surface area contributed by atoms with Crippen LogP contribution in [0, 0.1) is 0 Å². The molecule has 0 spiro atoms. The summed E-state index contributed by atoms with van der Waals surface area (Å²) >= 11 is 0. The number of ether oxygens (including phenoxy) is 2. The highest BCUT2D eigenvalue weighted by Gasteiger charge is 2.11. The molecule has 0 saturated carbocycles. The molecule has 0 atom stereocenters. The maximum absolute atomic E-state index is 11.9. The van der Waals surface area contributed by atoms with Gasteiger partial charge in [-0.1, -0.05) is 6.07 Å². The fraction of sp³-hybridized carbons (Fsp3) is 0.250. The number of nitrogens with one attached hydrogen (secondary N) is 1. The van der Waals surface area contributed by atoms with Gasteiger partial charge in [0.2, 0.25) is 0 Å². The van der Waals surface area contributed by atoms with Crippen molar-refractivity contribution in [1.82, 2.24) is 0 Å². The summed E-state index contributed by atoms with van der Waals surface area (Å²) in [5.41, 5.74) is 0.842. The predicted octanol–water partition coefficient (Wildman–Crippen LogP) is 2.73. The second-order valence-corrected chi connectivity index (χ2v) is 4.35. The minimum Gasteiger partial charge on any atom is -0.460 e. The molecule has 2 rings (SSSR count). The van der Waals surface area contributed by atoms with Gasteiger partial charge in [0.15, 0.2) is 5.76 Å². The summed E-state index contributed by atoms with van der Waals surface area (Å²) in [6.07, 6.45) is 1.42. The molecule has 1 N–H and O–H groups in total. The first kappa shape index (κ1) is 15.8. The fourth-order valence-electron chi connectivity index (χ4n) is 1.75. The van der Waals surface area contributed by atoms with Crippen molar-refractivity contribution in [1.29, 1.82) is 0 Å². The maximum atomic E-state index is 11.9. The minimum atomic E-state index is -0.464. The van der Waals surface area contributed by atoms with Crippen LogP contribution in [-0.2, 0) is 9.47 Å². The number of carbonyl (C=O) groups excluding carboxylic acids is 2. The average Bonchev–Trinajstić information content (AvgIpc) is 3.06. The van der Waals surface area contributed by atoms with E-state index in [0.29, 0.717) is 24.5 Å². The van der Waals surface area contributed by atoms with E-state index in [4.69, 9.17) is 13.9 Å². The van der Waals surface area contributed by atoms with Crippen molar-refractivity contribution in [2.24, 2.45) is 0 Å². The highest BCUT2D eigenvalue weighted by Crippen LogP contribution is 2.13. The van der Waals surface area contributed by atoms with Crippen LogP contribution in [-0.4, -0.2) is 31.7 Å². The lowest BCUT2D eigenvalue weighted by Gasteiger charge is -2.07. The molecule has 6 heteroatoms. The minimum absolute atomic E-state index is 0.190. The summed E-state index contributed by atoms with van der Waals surface area (Å²) in [7, 11) is 0. The van der Waals surface area contributed by atoms with Crippen LogP contribution in [0.3, 0.4) is 0 Å². The number of hydrogen-bond donors (Lipinski definition) is 1. The van der Waals surface area contributed by atoms with Crippen molar-refractivity contribution in [2.45, 2.75) is 6.92 Å². The van der Waals surface area contributed by atoms with Crippen LogP contribution >= 0.6 is 0 Å². The van der Waals surface area contributed by atoms with Crippen molar-refractivity contribution in [3.8, 4) is 0 Å². The van der Waals surface area contributed by atoms with Crippen LogP contribution in [0.2, 0.25) is 0 Å². The lowest BCUT2D eigenvalue weighted by Crippen LogP contribution is -2.13. The second-order valence-electron chi connectivity index (χ2n) is 4.35. The third-order valence-corrected chi connectivity index (χ3v) is 2.77. The Bertz CT molecular complexity index is 621. The van der Waals surface area contributed by atoms with Gasteiger partial charge in [-0.2, -0.15) is 0 Å². The Labute approximate surface area is 128 Å². The number of amides is 1. The number of furan rings is 1. The molecule has 1 heterocycles. The summed E-state index contributed by atoms with van der Waals surface area (Å²) < 4.78 is 15.2. The summed E-state index contributed by atoms with van der Waals surface area (Å²) in [6.45, 7) is 2.99. The zero-order valence-electron chi connectivity index (χ0n) is 12.2. The van der Waals surface area contributed by atoms with E-state index >= 15 is 0 Å². The molecule has 22 heavy (non-hydrogen) atoms. The standard InChI is InChI=1S/C16H17NO5/c1-2-20-9-10-22-16(19)12-5-3-6-13(11-12)17-15(18)14-7-4-8-21-14/h3-8,11H,2,9-10H2,1H3,(H,17,18). The Morgan fingerprint density at radius 2 is 2.05 bits per heavy atom. The van der Waals surface area contributed by atoms with Crippen LogP contribution in [0.25, 0.3) is 0 Å². The van der Waals surface area contributed by atoms with E-state index in [-0.39, 0.29) is 18.3 Å². The van der Waals surface area contributed by atoms with Crippen LogP contribution in [0.15, 0.2) is 47.1 Å². The lowest BCUT2D eigenvalue weighted by atomic mass is 10.2. The van der Waals surface area contributed by atoms with Crippen molar-refractivity contribution >= 4 is 17.6 Å². The Morgan fingerprint density at radius 3 is 2.77 bits per heavy atom. The average molecular weight is 303 g/mol. The van der Waals surface area contributed by atoms with Crippen LogP contribution in [0.1, 0.15) is 27.8 Å². The summed E-state index contributed by atoms with van der Waals surface area (Å²) in [6, 6.07) is 9.69. The van der Waals surface area contributed by atoms with E-state index in [9.17, 15) is 9.59 Å². The first-order valence-corrected chi connectivity index (χ1v) is 6.90. The molecule has 6 nitrogen and oxygen atoms in total. The van der Waals surface area contributed by atoms with Gasteiger partial charge in [-0.05, 0) is 37.3 Å². The zero-order chi connectivity index (χ0) is 15.8. The van der Waals surface area contributed by atoms with Gasteiger partial charge in [0.25, 0.3) is 5.91 Å². The Kier molecular flexibility index (Phi) is 5.73. The molecule has 0 aliphatic rings. The van der Waals surface area contributed by atoms with Gasteiger partial charge < -0.3 is 19.2 Å². The largest absolute Gasteiger partial charge is 0.460 e. The molecular formula is C16H17NO5. The predicted molar refractivity (Wildman–Crippen MR) is 79.9 cm³/mol.